The van der Waals surface area contributed by atoms with Crippen LogP contribution in [0.4, 0.5) is 18.9 Å². The third-order valence-corrected chi connectivity index (χ3v) is 3.38. The molecule has 7 heteroatoms. The van der Waals surface area contributed by atoms with Gasteiger partial charge in [0.05, 0.1) is 23.0 Å². The summed E-state index contributed by atoms with van der Waals surface area (Å²) in [7, 11) is 0. The molecule has 1 heterocycles. The first-order valence-corrected chi connectivity index (χ1v) is 6.72. The predicted molar refractivity (Wildman–Crippen MR) is 76.5 cm³/mol. The Balaban J connectivity index is 2.16. The maximum absolute atomic E-state index is 13.2. The van der Waals surface area contributed by atoms with Gasteiger partial charge in [0.1, 0.15) is 0 Å². The number of carbonyl (C=O) groups is 1. The quantitative estimate of drug-likeness (QED) is 0.904. The van der Waals surface area contributed by atoms with Crippen LogP contribution in [0.25, 0.3) is 0 Å². The minimum Gasteiger partial charge on any atom is -0.323 e. The third kappa shape index (κ3) is 3.66. The zero-order valence-electron chi connectivity index (χ0n) is 12.2. The van der Waals surface area contributed by atoms with Crippen LogP contribution in [0.1, 0.15) is 29.3 Å². The van der Waals surface area contributed by atoms with Gasteiger partial charge >= 0.3 is 6.18 Å². The Bertz CT molecular complexity index is 630. The first-order chi connectivity index (χ1) is 10.3. The SMILES string of the molecule is Cc1n[nH]c(C)c1NC(=O)C[C@@H](c1ccccc1)C(F)(F)F. The van der Waals surface area contributed by atoms with Crippen molar-refractivity contribution in [3.05, 3.63) is 47.3 Å². The van der Waals surface area contributed by atoms with Crippen LogP contribution < -0.4 is 5.32 Å². The molecule has 1 aromatic carbocycles. The van der Waals surface area contributed by atoms with Crippen LogP contribution >= 0.6 is 0 Å². The molecular weight excluding hydrogens is 295 g/mol. The van der Waals surface area contributed by atoms with Crippen LogP contribution in [-0.2, 0) is 4.79 Å². The number of nitrogens with zero attached hydrogens (tertiary/aromatic N) is 1. The van der Waals surface area contributed by atoms with Crippen LogP contribution in [0.15, 0.2) is 30.3 Å². The minimum atomic E-state index is -4.49. The van der Waals surface area contributed by atoms with Crippen LogP contribution in [0.2, 0.25) is 0 Å². The standard InChI is InChI=1S/C15H16F3N3O/c1-9-14(10(2)21-20-9)19-13(22)8-12(15(16,17)18)11-6-4-3-5-7-11/h3-7,12H,8H2,1-2H3,(H,19,22)(H,20,21)/t12-/m0/s1. The number of carbonyl (C=O) groups excluding carboxylic acids is 1. The maximum Gasteiger partial charge on any atom is 0.396 e. The first-order valence-electron chi connectivity index (χ1n) is 6.72. The third-order valence-electron chi connectivity index (χ3n) is 3.38. The van der Waals surface area contributed by atoms with Crippen molar-refractivity contribution in [1.82, 2.24) is 10.2 Å². The molecule has 22 heavy (non-hydrogen) atoms. The van der Waals surface area contributed by atoms with Crippen molar-refractivity contribution in [3.8, 4) is 0 Å². The van der Waals surface area contributed by atoms with E-state index in [1.807, 2.05) is 0 Å². The van der Waals surface area contributed by atoms with E-state index in [-0.39, 0.29) is 5.56 Å². The number of hydrogen-bond donors (Lipinski definition) is 2. The number of hydrogen-bond acceptors (Lipinski definition) is 2. The molecule has 0 saturated carbocycles. The van der Waals surface area contributed by atoms with Gasteiger partial charge in [0.2, 0.25) is 5.91 Å². The summed E-state index contributed by atoms with van der Waals surface area (Å²) in [5.74, 6) is -2.53. The lowest BCUT2D eigenvalue weighted by atomic mass is 9.94. The maximum atomic E-state index is 13.2. The summed E-state index contributed by atoms with van der Waals surface area (Å²) >= 11 is 0. The largest absolute Gasteiger partial charge is 0.396 e. The Labute approximate surface area is 125 Å². The van der Waals surface area contributed by atoms with Crippen molar-refractivity contribution in [2.45, 2.75) is 32.4 Å². The van der Waals surface area contributed by atoms with Gasteiger partial charge in [0.15, 0.2) is 0 Å². The highest BCUT2D eigenvalue weighted by molar-refractivity contribution is 5.92. The van der Waals surface area contributed by atoms with E-state index in [1.165, 1.54) is 24.3 Å². The van der Waals surface area contributed by atoms with Gasteiger partial charge in [-0.15, -0.1) is 0 Å². The lowest BCUT2D eigenvalue weighted by Crippen LogP contribution is -2.26. The number of aromatic amines is 1. The topological polar surface area (TPSA) is 57.8 Å². The molecule has 1 aromatic heterocycles. The molecule has 118 valence electrons. The Morgan fingerprint density at radius 1 is 1.27 bits per heavy atom. The van der Waals surface area contributed by atoms with Gasteiger partial charge < -0.3 is 5.32 Å². The van der Waals surface area contributed by atoms with Gasteiger partial charge in [-0.05, 0) is 19.4 Å². The number of amides is 1. The molecule has 0 aliphatic rings. The Kier molecular flexibility index (Phi) is 4.54. The second kappa shape index (κ2) is 6.21. The number of aryl methyl sites for hydroxylation is 2. The normalized spacial score (nSPS) is 13.0. The summed E-state index contributed by atoms with van der Waals surface area (Å²) in [6, 6.07) is 7.43. The molecule has 0 unspecified atom stereocenters. The van der Waals surface area contributed by atoms with E-state index in [1.54, 1.807) is 19.9 Å². The van der Waals surface area contributed by atoms with Crippen LogP contribution in [0, 0.1) is 13.8 Å². The zero-order chi connectivity index (χ0) is 16.3. The second-order valence-corrected chi connectivity index (χ2v) is 5.07. The molecule has 4 nitrogen and oxygen atoms in total. The second-order valence-electron chi connectivity index (χ2n) is 5.07. The molecular formula is C15H16F3N3O. The number of H-pyrrole nitrogens is 1. The lowest BCUT2D eigenvalue weighted by Gasteiger charge is -2.20. The highest BCUT2D eigenvalue weighted by Gasteiger charge is 2.41. The van der Waals surface area contributed by atoms with Gasteiger partial charge in [-0.2, -0.15) is 18.3 Å². The van der Waals surface area contributed by atoms with Crippen LogP contribution in [0.3, 0.4) is 0 Å². The Morgan fingerprint density at radius 3 is 2.41 bits per heavy atom. The van der Waals surface area contributed by atoms with Crippen LogP contribution in [-0.4, -0.2) is 22.3 Å². The fraction of sp³-hybridized carbons (Fsp3) is 0.333. The number of halogens is 3. The number of benzene rings is 1. The lowest BCUT2D eigenvalue weighted by molar-refractivity contribution is -0.155. The number of alkyl halides is 3. The molecule has 1 atom stereocenters. The molecule has 0 fully saturated rings. The van der Waals surface area contributed by atoms with E-state index in [2.05, 4.69) is 15.5 Å². The van der Waals surface area contributed by atoms with Crippen LogP contribution in [0.5, 0.6) is 0 Å². The molecule has 0 aliphatic carbocycles. The molecule has 0 bridgehead atoms. The number of anilines is 1. The molecule has 2 rings (SSSR count). The van der Waals surface area contributed by atoms with Gasteiger partial charge in [0.25, 0.3) is 0 Å². The summed E-state index contributed by atoms with van der Waals surface area (Å²) < 4.78 is 39.6. The molecule has 2 aromatic rings. The van der Waals surface area contributed by atoms with Gasteiger partial charge in [-0.3, -0.25) is 9.89 Å². The summed E-state index contributed by atoms with van der Waals surface area (Å²) in [5.41, 5.74) is 1.65. The van der Waals surface area contributed by atoms with Gasteiger partial charge in [0, 0.05) is 6.42 Å². The van der Waals surface area contributed by atoms with E-state index in [0.29, 0.717) is 17.1 Å². The number of aromatic nitrogens is 2. The van der Waals surface area contributed by atoms with E-state index in [9.17, 15) is 18.0 Å². The van der Waals surface area contributed by atoms with E-state index >= 15 is 0 Å². The molecule has 2 N–H and O–H groups in total. The van der Waals surface area contributed by atoms with E-state index in [4.69, 9.17) is 0 Å². The van der Waals surface area contributed by atoms with Crippen molar-refractivity contribution in [3.63, 3.8) is 0 Å². The summed E-state index contributed by atoms with van der Waals surface area (Å²) in [6.07, 6.45) is -5.16. The average molecular weight is 311 g/mol. The molecule has 0 spiro atoms. The fourth-order valence-electron chi connectivity index (χ4n) is 2.22. The summed E-state index contributed by atoms with van der Waals surface area (Å²) in [5, 5.41) is 9.06. The van der Waals surface area contributed by atoms with E-state index in [0.717, 1.165) is 0 Å². The van der Waals surface area contributed by atoms with Gasteiger partial charge in [-0.25, -0.2) is 0 Å². The van der Waals surface area contributed by atoms with Crippen molar-refractivity contribution in [1.29, 1.82) is 0 Å². The molecule has 0 aliphatic heterocycles. The van der Waals surface area contributed by atoms with Gasteiger partial charge in [-0.1, -0.05) is 30.3 Å². The fourth-order valence-corrected chi connectivity index (χ4v) is 2.22. The monoisotopic (exact) mass is 311 g/mol. The highest BCUT2D eigenvalue weighted by Crippen LogP contribution is 2.37. The minimum absolute atomic E-state index is 0.0748. The molecule has 1 amide bonds. The number of rotatable bonds is 4. The summed E-state index contributed by atoms with van der Waals surface area (Å²) in [6.45, 7) is 3.35. The highest BCUT2D eigenvalue weighted by atomic mass is 19.4. The van der Waals surface area contributed by atoms with Crippen molar-refractivity contribution in [2.24, 2.45) is 0 Å². The summed E-state index contributed by atoms with van der Waals surface area (Å²) in [4.78, 5) is 12.0. The molecule has 0 radical (unpaired) electrons. The zero-order valence-corrected chi connectivity index (χ0v) is 12.2. The average Bonchev–Trinajstić information content (AvgIpc) is 2.76. The van der Waals surface area contributed by atoms with Crippen molar-refractivity contribution in [2.75, 3.05) is 5.32 Å². The van der Waals surface area contributed by atoms with Crippen molar-refractivity contribution >= 4 is 11.6 Å². The number of nitrogens with one attached hydrogen (secondary N) is 2. The Morgan fingerprint density at radius 2 is 1.91 bits per heavy atom. The van der Waals surface area contributed by atoms with Crippen molar-refractivity contribution < 1.29 is 18.0 Å². The molecule has 0 saturated heterocycles. The smallest absolute Gasteiger partial charge is 0.323 e. The van der Waals surface area contributed by atoms with E-state index < -0.39 is 24.4 Å². The predicted octanol–water partition coefficient (Wildman–Crippen LogP) is 3.70. The first kappa shape index (κ1) is 16.1. The Hall–Kier alpha value is -2.31.